The molecule has 1 heterocycles. The summed E-state index contributed by atoms with van der Waals surface area (Å²) in [5.74, 6) is 1.05. The van der Waals surface area contributed by atoms with Crippen molar-refractivity contribution in [2.24, 2.45) is 0 Å². The van der Waals surface area contributed by atoms with E-state index in [1.807, 2.05) is 12.1 Å². The van der Waals surface area contributed by atoms with Crippen molar-refractivity contribution in [3.63, 3.8) is 0 Å². The first-order valence-corrected chi connectivity index (χ1v) is 6.23. The lowest BCUT2D eigenvalue weighted by Gasteiger charge is -2.27. The van der Waals surface area contributed by atoms with E-state index in [4.69, 9.17) is 9.52 Å². The van der Waals surface area contributed by atoms with E-state index in [0.29, 0.717) is 12.6 Å². The highest BCUT2D eigenvalue weighted by atomic mass is 16.3. The number of hydrogen-bond acceptors (Lipinski definition) is 3. The molecular weight excluding hydrogens is 202 g/mol. The van der Waals surface area contributed by atoms with Crippen molar-refractivity contribution in [2.45, 2.75) is 44.7 Å². The van der Waals surface area contributed by atoms with Gasteiger partial charge in [-0.1, -0.05) is 0 Å². The Bertz CT molecular complexity index is 293. The fraction of sp³-hybridized carbons (Fsp3) is 0.692. The summed E-state index contributed by atoms with van der Waals surface area (Å²) in [6.45, 7) is 3.57. The zero-order valence-electron chi connectivity index (χ0n) is 9.93. The van der Waals surface area contributed by atoms with Crippen LogP contribution in [-0.4, -0.2) is 29.2 Å². The van der Waals surface area contributed by atoms with Crippen molar-refractivity contribution in [1.29, 1.82) is 0 Å². The van der Waals surface area contributed by atoms with Gasteiger partial charge < -0.3 is 9.52 Å². The molecule has 0 saturated heterocycles. The highest BCUT2D eigenvalue weighted by molar-refractivity contribution is 5.05. The fourth-order valence-corrected chi connectivity index (χ4v) is 2.20. The van der Waals surface area contributed by atoms with Gasteiger partial charge in [0.05, 0.1) is 12.3 Å². The zero-order chi connectivity index (χ0) is 11.4. The molecule has 0 amide bonds. The third-order valence-electron chi connectivity index (χ3n) is 3.29. The van der Waals surface area contributed by atoms with Crippen LogP contribution in [0, 0.1) is 0 Å². The van der Waals surface area contributed by atoms with Gasteiger partial charge in [-0.05, 0) is 51.3 Å². The maximum absolute atomic E-state index is 8.82. The van der Waals surface area contributed by atoms with Crippen LogP contribution in [0.2, 0.25) is 0 Å². The average molecular weight is 223 g/mol. The van der Waals surface area contributed by atoms with Crippen LogP contribution >= 0.6 is 0 Å². The van der Waals surface area contributed by atoms with Crippen LogP contribution in [0.1, 0.15) is 44.4 Å². The van der Waals surface area contributed by atoms with Crippen molar-refractivity contribution in [2.75, 3.05) is 13.2 Å². The minimum absolute atomic E-state index is 0.299. The Morgan fingerprint density at radius 1 is 1.50 bits per heavy atom. The Balaban J connectivity index is 1.90. The minimum atomic E-state index is 0.299. The summed E-state index contributed by atoms with van der Waals surface area (Å²) in [6, 6.07) is 5.09. The Morgan fingerprint density at radius 3 is 2.88 bits per heavy atom. The number of unbranched alkanes of at least 4 members (excludes halogenated alkanes) is 1. The highest BCUT2D eigenvalue weighted by Gasteiger charge is 2.33. The zero-order valence-corrected chi connectivity index (χ0v) is 9.93. The minimum Gasteiger partial charge on any atom is -0.468 e. The molecule has 1 aliphatic rings. The molecule has 2 rings (SSSR count). The van der Waals surface area contributed by atoms with Gasteiger partial charge in [0.2, 0.25) is 0 Å². The monoisotopic (exact) mass is 223 g/mol. The summed E-state index contributed by atoms with van der Waals surface area (Å²) >= 11 is 0. The van der Waals surface area contributed by atoms with E-state index in [-0.39, 0.29) is 0 Å². The second-order valence-corrected chi connectivity index (χ2v) is 4.59. The third-order valence-corrected chi connectivity index (χ3v) is 3.29. The third kappa shape index (κ3) is 2.86. The van der Waals surface area contributed by atoms with Gasteiger partial charge >= 0.3 is 0 Å². The number of nitrogens with zero attached hydrogens (tertiary/aromatic N) is 1. The molecule has 1 N–H and O–H groups in total. The molecular formula is C13H21NO2. The summed E-state index contributed by atoms with van der Waals surface area (Å²) in [5.41, 5.74) is 0. The lowest BCUT2D eigenvalue weighted by atomic mass is 10.2. The molecule has 0 radical (unpaired) electrons. The molecule has 1 saturated carbocycles. The molecule has 90 valence electrons. The molecule has 0 spiro atoms. The number of aliphatic hydroxyl groups is 1. The predicted octanol–water partition coefficient (Wildman–Crippen LogP) is 2.58. The van der Waals surface area contributed by atoms with Gasteiger partial charge in [0.25, 0.3) is 0 Å². The topological polar surface area (TPSA) is 36.6 Å². The van der Waals surface area contributed by atoms with Crippen LogP contribution in [0.4, 0.5) is 0 Å². The molecule has 1 atom stereocenters. The van der Waals surface area contributed by atoms with Crippen LogP contribution < -0.4 is 0 Å². The van der Waals surface area contributed by atoms with Gasteiger partial charge in [0.15, 0.2) is 0 Å². The van der Waals surface area contributed by atoms with Crippen molar-refractivity contribution in [3.05, 3.63) is 24.2 Å². The molecule has 16 heavy (non-hydrogen) atoms. The second-order valence-electron chi connectivity index (χ2n) is 4.59. The number of rotatable bonds is 7. The van der Waals surface area contributed by atoms with Crippen molar-refractivity contribution < 1.29 is 9.52 Å². The summed E-state index contributed by atoms with van der Waals surface area (Å²) in [7, 11) is 0. The van der Waals surface area contributed by atoms with E-state index in [9.17, 15) is 0 Å². The second kappa shape index (κ2) is 5.51. The van der Waals surface area contributed by atoms with Gasteiger partial charge in [-0.25, -0.2) is 0 Å². The first-order valence-electron chi connectivity index (χ1n) is 6.23. The smallest absolute Gasteiger partial charge is 0.120 e. The lowest BCUT2D eigenvalue weighted by Crippen LogP contribution is -2.30. The van der Waals surface area contributed by atoms with Gasteiger partial charge in [-0.3, -0.25) is 4.90 Å². The first-order chi connectivity index (χ1) is 7.83. The van der Waals surface area contributed by atoms with Crippen LogP contribution in [0.15, 0.2) is 22.8 Å². The summed E-state index contributed by atoms with van der Waals surface area (Å²) in [6.07, 6.45) is 6.32. The van der Waals surface area contributed by atoms with Crippen LogP contribution in [0.5, 0.6) is 0 Å². The summed E-state index contributed by atoms with van der Waals surface area (Å²) in [5, 5.41) is 8.82. The Morgan fingerprint density at radius 2 is 2.31 bits per heavy atom. The van der Waals surface area contributed by atoms with E-state index in [2.05, 4.69) is 11.8 Å². The SMILES string of the molecule is CC(c1ccco1)N(CCCCO)C1CC1. The maximum Gasteiger partial charge on any atom is 0.120 e. The molecule has 3 heteroatoms. The Hall–Kier alpha value is -0.800. The van der Waals surface area contributed by atoms with E-state index in [0.717, 1.165) is 31.2 Å². The quantitative estimate of drug-likeness (QED) is 0.722. The highest BCUT2D eigenvalue weighted by Crippen LogP contribution is 2.34. The largest absolute Gasteiger partial charge is 0.468 e. The van der Waals surface area contributed by atoms with E-state index < -0.39 is 0 Å². The molecule has 1 unspecified atom stereocenters. The van der Waals surface area contributed by atoms with Crippen LogP contribution in [-0.2, 0) is 0 Å². The molecule has 0 aliphatic heterocycles. The summed E-state index contributed by atoms with van der Waals surface area (Å²) < 4.78 is 5.47. The molecule has 1 aromatic rings. The van der Waals surface area contributed by atoms with Crippen molar-refractivity contribution >= 4 is 0 Å². The number of aliphatic hydroxyl groups excluding tert-OH is 1. The predicted molar refractivity (Wildman–Crippen MR) is 63.2 cm³/mol. The van der Waals surface area contributed by atoms with Crippen LogP contribution in [0.25, 0.3) is 0 Å². The van der Waals surface area contributed by atoms with E-state index in [1.165, 1.54) is 12.8 Å². The molecule has 1 fully saturated rings. The van der Waals surface area contributed by atoms with E-state index in [1.54, 1.807) is 6.26 Å². The lowest BCUT2D eigenvalue weighted by molar-refractivity contribution is 0.168. The molecule has 0 aromatic carbocycles. The number of furan rings is 1. The van der Waals surface area contributed by atoms with Crippen LogP contribution in [0.3, 0.4) is 0 Å². The first kappa shape index (κ1) is 11.7. The fourth-order valence-electron chi connectivity index (χ4n) is 2.20. The molecule has 3 nitrogen and oxygen atoms in total. The van der Waals surface area contributed by atoms with Crippen molar-refractivity contribution in [1.82, 2.24) is 4.90 Å². The molecule has 0 bridgehead atoms. The summed E-state index contributed by atoms with van der Waals surface area (Å²) in [4.78, 5) is 2.51. The normalized spacial score (nSPS) is 17.9. The van der Waals surface area contributed by atoms with E-state index >= 15 is 0 Å². The Kier molecular flexibility index (Phi) is 4.02. The maximum atomic E-state index is 8.82. The van der Waals surface area contributed by atoms with Gasteiger partial charge in [-0.2, -0.15) is 0 Å². The average Bonchev–Trinajstić information content (AvgIpc) is 2.97. The molecule has 1 aromatic heterocycles. The molecule has 1 aliphatic carbocycles. The standard InChI is InChI=1S/C13H21NO2/c1-11(13-5-4-10-16-13)14(12-6-7-12)8-2-3-9-15/h4-5,10-12,15H,2-3,6-9H2,1H3. The Labute approximate surface area is 97.1 Å². The van der Waals surface area contributed by atoms with Gasteiger partial charge in [0.1, 0.15) is 5.76 Å². The van der Waals surface area contributed by atoms with Gasteiger partial charge in [0, 0.05) is 12.6 Å². The van der Waals surface area contributed by atoms with Crippen molar-refractivity contribution in [3.8, 4) is 0 Å². The number of hydrogen-bond donors (Lipinski definition) is 1. The van der Waals surface area contributed by atoms with Gasteiger partial charge in [-0.15, -0.1) is 0 Å².